The molecule has 0 aromatic carbocycles. The van der Waals surface area contributed by atoms with Crippen molar-refractivity contribution in [2.75, 3.05) is 0 Å². The third kappa shape index (κ3) is 7.50. The van der Waals surface area contributed by atoms with Gasteiger partial charge in [0.2, 0.25) is 11.8 Å². The number of carbonyl (C=O) groups is 2. The van der Waals surface area contributed by atoms with Crippen molar-refractivity contribution in [1.29, 1.82) is 0 Å². The van der Waals surface area contributed by atoms with Crippen LogP contribution in [0.3, 0.4) is 0 Å². The summed E-state index contributed by atoms with van der Waals surface area (Å²) in [7, 11) is 0. The van der Waals surface area contributed by atoms with Crippen LogP contribution in [0.25, 0.3) is 0 Å². The number of hydrogen-bond donors (Lipinski definition) is 1. The Labute approximate surface area is 79.9 Å². The fraction of sp³-hybridized carbons (Fsp3) is 0.800. The summed E-state index contributed by atoms with van der Waals surface area (Å²) in [5, 5.41) is 2.14. The van der Waals surface area contributed by atoms with Gasteiger partial charge in [-0.05, 0) is 0 Å². The van der Waals surface area contributed by atoms with Crippen LogP contribution < -0.4 is 5.32 Å². The first-order valence-corrected chi connectivity index (χ1v) is 5.03. The molecular formula is C10H19NO2. The lowest BCUT2D eigenvalue weighted by atomic mass is 10.2. The van der Waals surface area contributed by atoms with Gasteiger partial charge in [-0.25, -0.2) is 0 Å². The maximum Gasteiger partial charge on any atom is 0.227 e. The van der Waals surface area contributed by atoms with Crippen LogP contribution in [0, 0.1) is 0 Å². The summed E-state index contributed by atoms with van der Waals surface area (Å²) in [6, 6.07) is 0. The van der Waals surface area contributed by atoms with E-state index in [-0.39, 0.29) is 11.8 Å². The molecule has 3 nitrogen and oxygen atoms in total. The van der Waals surface area contributed by atoms with Gasteiger partial charge in [-0.3, -0.25) is 14.9 Å². The highest BCUT2D eigenvalue weighted by molar-refractivity contribution is 6.01. The van der Waals surface area contributed by atoms with E-state index in [1.165, 1.54) is 25.7 Å². The van der Waals surface area contributed by atoms with Gasteiger partial charge in [-0.15, -0.1) is 0 Å². The summed E-state index contributed by atoms with van der Waals surface area (Å²) in [4.78, 5) is 20.2. The van der Waals surface area contributed by atoms with E-state index in [1.54, 1.807) is 0 Å². The second-order valence-corrected chi connectivity index (χ2v) is 3.18. The molecule has 0 bridgehead atoms. The molecule has 0 aromatic heterocycles. The Morgan fingerprint density at radius 1 is 1.00 bits per heavy atom. The number of nitrogens with one attached hydrogen (secondary N) is 1. The minimum absolute atomic E-state index is 0.148. The van der Waals surface area contributed by atoms with Crippen molar-refractivity contribution < 1.29 is 9.59 Å². The van der Waals surface area contributed by atoms with Crippen molar-refractivity contribution in [1.82, 2.24) is 5.32 Å². The zero-order valence-electron chi connectivity index (χ0n) is 8.56. The number of carbonyl (C=O) groups excluding carboxylic acids is 2. The van der Waals surface area contributed by atoms with E-state index in [0.717, 1.165) is 0 Å². The van der Waals surface area contributed by atoms with Gasteiger partial charge in [0.05, 0.1) is 0 Å². The lowest BCUT2D eigenvalue weighted by Gasteiger charge is -1.86. The van der Waals surface area contributed by atoms with Gasteiger partial charge in [0.1, 0.15) is 0 Å². The third-order valence-electron chi connectivity index (χ3n) is 1.82. The lowest BCUT2D eigenvalue weighted by Crippen LogP contribution is -2.18. The lowest BCUT2D eigenvalue weighted by molar-refractivity contribution is -0.124. The first-order valence-electron chi connectivity index (χ1n) is 5.03. The van der Waals surface area contributed by atoms with Crippen LogP contribution in [0.2, 0.25) is 0 Å². The number of amides is 2. The molecule has 0 unspecified atom stereocenters. The van der Waals surface area contributed by atoms with Gasteiger partial charge in [-0.2, -0.15) is 0 Å². The smallest absolute Gasteiger partial charge is 0.227 e. The van der Waals surface area contributed by atoms with Crippen molar-refractivity contribution in [3.8, 4) is 0 Å². The summed E-state index contributed by atoms with van der Waals surface area (Å²) in [5.41, 5.74) is 0. The Kier molecular flexibility index (Phi) is 7.26. The van der Waals surface area contributed by atoms with Crippen LogP contribution in [-0.4, -0.2) is 11.8 Å². The minimum Gasteiger partial charge on any atom is -0.296 e. The Morgan fingerprint density at radius 2 is 1.38 bits per heavy atom. The van der Waals surface area contributed by atoms with E-state index in [2.05, 4.69) is 19.2 Å². The Balaban J connectivity index is 0.000000226. The van der Waals surface area contributed by atoms with E-state index in [0.29, 0.717) is 12.8 Å². The summed E-state index contributed by atoms with van der Waals surface area (Å²) >= 11 is 0. The van der Waals surface area contributed by atoms with Crippen LogP contribution in [0.1, 0.15) is 52.4 Å². The van der Waals surface area contributed by atoms with Crippen LogP contribution in [-0.2, 0) is 9.59 Å². The molecule has 1 aliphatic heterocycles. The summed E-state index contributed by atoms with van der Waals surface area (Å²) in [5.74, 6) is -0.296. The monoisotopic (exact) mass is 185 g/mol. The molecule has 1 aliphatic rings. The van der Waals surface area contributed by atoms with Gasteiger partial charge in [-0.1, -0.05) is 39.5 Å². The van der Waals surface area contributed by atoms with E-state index in [9.17, 15) is 9.59 Å². The summed E-state index contributed by atoms with van der Waals surface area (Å²) in [6.07, 6.45) is 6.28. The molecule has 0 aliphatic carbocycles. The number of hydrogen-bond acceptors (Lipinski definition) is 2. The molecule has 0 aromatic rings. The molecule has 1 saturated heterocycles. The van der Waals surface area contributed by atoms with Crippen molar-refractivity contribution in [3.63, 3.8) is 0 Å². The van der Waals surface area contributed by atoms with Gasteiger partial charge < -0.3 is 0 Å². The maximum atomic E-state index is 10.1. The van der Waals surface area contributed by atoms with Gasteiger partial charge in [0.15, 0.2) is 0 Å². The highest BCUT2D eigenvalue weighted by Gasteiger charge is 2.15. The van der Waals surface area contributed by atoms with Crippen LogP contribution in [0.15, 0.2) is 0 Å². The zero-order valence-corrected chi connectivity index (χ0v) is 8.56. The topological polar surface area (TPSA) is 46.2 Å². The molecule has 0 atom stereocenters. The predicted molar refractivity (Wildman–Crippen MR) is 52.2 cm³/mol. The van der Waals surface area contributed by atoms with Gasteiger partial charge in [0, 0.05) is 12.8 Å². The summed E-state index contributed by atoms with van der Waals surface area (Å²) in [6.45, 7) is 4.46. The van der Waals surface area contributed by atoms with E-state index in [4.69, 9.17) is 0 Å². The average molecular weight is 185 g/mol. The van der Waals surface area contributed by atoms with Crippen LogP contribution >= 0.6 is 0 Å². The molecule has 76 valence electrons. The minimum atomic E-state index is -0.148. The van der Waals surface area contributed by atoms with E-state index in [1.807, 2.05) is 0 Å². The fourth-order valence-electron chi connectivity index (χ4n) is 1.01. The Bertz CT molecular complexity index is 148. The molecule has 1 heterocycles. The molecule has 1 N–H and O–H groups in total. The molecule has 0 spiro atoms. The first-order chi connectivity index (χ1) is 6.20. The fourth-order valence-corrected chi connectivity index (χ4v) is 1.01. The highest BCUT2D eigenvalue weighted by atomic mass is 16.2. The second-order valence-electron chi connectivity index (χ2n) is 3.18. The molecule has 0 saturated carbocycles. The van der Waals surface area contributed by atoms with Crippen molar-refractivity contribution >= 4 is 11.8 Å². The zero-order chi connectivity index (χ0) is 10.1. The average Bonchev–Trinajstić information content (AvgIpc) is 2.47. The standard InChI is InChI=1S/C6H14.C4H5NO2/c1-3-5-6-4-2;6-3-1-2-4(7)5-3/h3-6H2,1-2H3;1-2H2,(H,5,6,7). The molecule has 13 heavy (non-hydrogen) atoms. The number of unbranched alkanes of at least 4 members (excludes halogenated alkanes) is 3. The number of rotatable bonds is 3. The quantitative estimate of drug-likeness (QED) is 0.540. The predicted octanol–water partition coefficient (Wildman–Crippen LogP) is 2.01. The number of imide groups is 1. The summed E-state index contributed by atoms with van der Waals surface area (Å²) < 4.78 is 0. The maximum absolute atomic E-state index is 10.1. The third-order valence-corrected chi connectivity index (χ3v) is 1.82. The van der Waals surface area contributed by atoms with Crippen LogP contribution in [0.4, 0.5) is 0 Å². The second kappa shape index (κ2) is 7.77. The SMILES string of the molecule is CCCCCC.O=C1CCC(=O)N1. The van der Waals surface area contributed by atoms with E-state index >= 15 is 0 Å². The van der Waals surface area contributed by atoms with Gasteiger partial charge >= 0.3 is 0 Å². The molecule has 2 amide bonds. The van der Waals surface area contributed by atoms with Crippen molar-refractivity contribution in [3.05, 3.63) is 0 Å². The largest absolute Gasteiger partial charge is 0.296 e. The first kappa shape index (κ1) is 12.1. The van der Waals surface area contributed by atoms with Crippen LogP contribution in [0.5, 0.6) is 0 Å². The molecule has 0 radical (unpaired) electrons. The molecular weight excluding hydrogens is 166 g/mol. The van der Waals surface area contributed by atoms with Crippen molar-refractivity contribution in [2.45, 2.75) is 52.4 Å². The van der Waals surface area contributed by atoms with Gasteiger partial charge in [0.25, 0.3) is 0 Å². The molecule has 1 rings (SSSR count). The Morgan fingerprint density at radius 3 is 1.54 bits per heavy atom. The normalized spacial score (nSPS) is 14.9. The highest BCUT2D eigenvalue weighted by Crippen LogP contribution is 1.96. The molecule has 1 fully saturated rings. The Hall–Kier alpha value is -0.860. The van der Waals surface area contributed by atoms with E-state index < -0.39 is 0 Å². The van der Waals surface area contributed by atoms with Crippen molar-refractivity contribution in [2.24, 2.45) is 0 Å². The molecule has 3 heteroatoms.